The zero-order valence-corrected chi connectivity index (χ0v) is 10.6. The molecule has 0 saturated heterocycles. The lowest BCUT2D eigenvalue weighted by molar-refractivity contribution is 0.549. The second-order valence-electron chi connectivity index (χ2n) is 4.65. The molecule has 0 bridgehead atoms. The van der Waals surface area contributed by atoms with E-state index in [4.69, 9.17) is 0 Å². The Hall–Kier alpha value is -1.75. The molecule has 0 spiro atoms. The third-order valence-corrected chi connectivity index (χ3v) is 2.56. The maximum atomic E-state index is 13.9. The van der Waals surface area contributed by atoms with E-state index in [0.29, 0.717) is 18.2 Å². The fourth-order valence-corrected chi connectivity index (χ4v) is 1.68. The zero-order valence-electron chi connectivity index (χ0n) is 10.6. The Bertz CT molecular complexity index is 494. The maximum Gasteiger partial charge on any atom is 0.149 e. The van der Waals surface area contributed by atoms with Gasteiger partial charge in [-0.3, -0.25) is 0 Å². The molecule has 2 aromatic rings. The second-order valence-corrected chi connectivity index (χ2v) is 4.65. The molecule has 0 fully saturated rings. The number of rotatable bonds is 5. The molecule has 0 aliphatic heterocycles. The summed E-state index contributed by atoms with van der Waals surface area (Å²) in [7, 11) is 0. The quantitative estimate of drug-likeness (QED) is 0.881. The molecule has 4 nitrogen and oxygen atoms in total. The topological polar surface area (TPSA) is 42.7 Å². The fourth-order valence-electron chi connectivity index (χ4n) is 1.68. The van der Waals surface area contributed by atoms with Crippen LogP contribution in [-0.4, -0.2) is 21.3 Å². The van der Waals surface area contributed by atoms with E-state index >= 15 is 0 Å². The summed E-state index contributed by atoms with van der Waals surface area (Å²) in [4.78, 5) is 3.80. The van der Waals surface area contributed by atoms with Crippen molar-refractivity contribution in [3.8, 4) is 5.69 Å². The van der Waals surface area contributed by atoms with E-state index in [2.05, 4.69) is 29.2 Å². The van der Waals surface area contributed by atoms with E-state index in [9.17, 15) is 4.39 Å². The number of nitrogens with zero attached hydrogens (tertiary/aromatic N) is 3. The Morgan fingerprint density at radius 1 is 1.39 bits per heavy atom. The van der Waals surface area contributed by atoms with Gasteiger partial charge in [0.2, 0.25) is 0 Å². The zero-order chi connectivity index (χ0) is 13.0. The highest BCUT2D eigenvalue weighted by Gasteiger charge is 2.06. The highest BCUT2D eigenvalue weighted by molar-refractivity contribution is 5.35. The van der Waals surface area contributed by atoms with Gasteiger partial charge in [0.1, 0.15) is 24.2 Å². The molecule has 0 unspecified atom stereocenters. The number of nitrogens with one attached hydrogen (secondary N) is 1. The summed E-state index contributed by atoms with van der Waals surface area (Å²) in [5.74, 6) is 0.300. The van der Waals surface area contributed by atoms with Crippen LogP contribution in [0.2, 0.25) is 0 Å². The Kier molecular flexibility index (Phi) is 4.04. The van der Waals surface area contributed by atoms with Crippen LogP contribution in [0.15, 0.2) is 30.9 Å². The van der Waals surface area contributed by atoms with E-state index in [1.807, 2.05) is 6.07 Å². The van der Waals surface area contributed by atoms with Gasteiger partial charge in [0.25, 0.3) is 0 Å². The molecule has 0 aliphatic rings. The minimum absolute atomic E-state index is 0.288. The van der Waals surface area contributed by atoms with Crippen LogP contribution in [0.3, 0.4) is 0 Å². The Morgan fingerprint density at radius 2 is 2.22 bits per heavy atom. The summed E-state index contributed by atoms with van der Waals surface area (Å²) >= 11 is 0. The van der Waals surface area contributed by atoms with Crippen molar-refractivity contribution >= 4 is 0 Å². The number of aromatic nitrogens is 3. The van der Waals surface area contributed by atoms with Crippen molar-refractivity contribution in [3.05, 3.63) is 42.2 Å². The standard InChI is InChI=1S/C13H17FN4/c1-10(2)6-15-7-11-3-4-13(12(14)5-11)18-9-16-8-17-18/h3-5,8-10,15H,6-7H2,1-2H3. The van der Waals surface area contributed by atoms with Crippen LogP contribution < -0.4 is 5.32 Å². The molecular formula is C13H17FN4. The van der Waals surface area contributed by atoms with Gasteiger partial charge in [-0.2, -0.15) is 5.10 Å². The third kappa shape index (κ3) is 3.13. The predicted molar refractivity (Wildman–Crippen MR) is 67.9 cm³/mol. The molecule has 2 rings (SSSR count). The van der Waals surface area contributed by atoms with Gasteiger partial charge in [0.15, 0.2) is 0 Å². The largest absolute Gasteiger partial charge is 0.312 e. The van der Waals surface area contributed by atoms with Crippen molar-refractivity contribution in [1.29, 1.82) is 0 Å². The summed E-state index contributed by atoms with van der Waals surface area (Å²) in [5.41, 5.74) is 1.34. The molecule has 1 aromatic heterocycles. The molecule has 0 radical (unpaired) electrons. The Labute approximate surface area is 106 Å². The van der Waals surface area contributed by atoms with E-state index in [-0.39, 0.29) is 5.82 Å². The lowest BCUT2D eigenvalue weighted by Gasteiger charge is -2.09. The minimum Gasteiger partial charge on any atom is -0.312 e. The maximum absolute atomic E-state index is 13.9. The Balaban J connectivity index is 2.06. The van der Waals surface area contributed by atoms with Crippen LogP contribution in [0, 0.1) is 11.7 Å². The summed E-state index contributed by atoms with van der Waals surface area (Å²) in [5, 5.41) is 7.19. The molecule has 0 atom stereocenters. The first kappa shape index (κ1) is 12.7. The van der Waals surface area contributed by atoms with Crippen LogP contribution in [-0.2, 0) is 6.54 Å². The first-order chi connectivity index (χ1) is 8.66. The van der Waals surface area contributed by atoms with Crippen LogP contribution >= 0.6 is 0 Å². The minimum atomic E-state index is -0.288. The fraction of sp³-hybridized carbons (Fsp3) is 0.385. The number of hydrogen-bond donors (Lipinski definition) is 1. The first-order valence-electron chi connectivity index (χ1n) is 6.01. The van der Waals surface area contributed by atoms with Crippen LogP contribution in [0.5, 0.6) is 0 Å². The van der Waals surface area contributed by atoms with Crippen molar-refractivity contribution in [2.75, 3.05) is 6.54 Å². The molecule has 0 saturated carbocycles. The molecule has 96 valence electrons. The van der Waals surface area contributed by atoms with Gasteiger partial charge in [-0.1, -0.05) is 19.9 Å². The van der Waals surface area contributed by atoms with Crippen LogP contribution in [0.25, 0.3) is 5.69 Å². The second kappa shape index (κ2) is 5.73. The van der Waals surface area contributed by atoms with E-state index in [1.165, 1.54) is 23.4 Å². The SMILES string of the molecule is CC(C)CNCc1ccc(-n2cncn2)c(F)c1. The van der Waals surface area contributed by atoms with Gasteiger partial charge in [0, 0.05) is 6.54 Å². The van der Waals surface area contributed by atoms with Crippen molar-refractivity contribution < 1.29 is 4.39 Å². The molecule has 1 aromatic carbocycles. The van der Waals surface area contributed by atoms with Gasteiger partial charge in [0.05, 0.1) is 0 Å². The molecule has 5 heteroatoms. The van der Waals surface area contributed by atoms with E-state index < -0.39 is 0 Å². The normalized spacial score (nSPS) is 11.1. The van der Waals surface area contributed by atoms with Crippen molar-refractivity contribution in [2.24, 2.45) is 5.92 Å². The van der Waals surface area contributed by atoms with Gasteiger partial charge in [-0.15, -0.1) is 0 Å². The highest BCUT2D eigenvalue weighted by atomic mass is 19.1. The summed E-state index contributed by atoms with van der Waals surface area (Å²) < 4.78 is 15.3. The monoisotopic (exact) mass is 248 g/mol. The van der Waals surface area contributed by atoms with E-state index in [0.717, 1.165) is 12.1 Å². The number of benzene rings is 1. The molecule has 1 heterocycles. The first-order valence-corrected chi connectivity index (χ1v) is 6.01. The number of halogens is 1. The molecular weight excluding hydrogens is 231 g/mol. The van der Waals surface area contributed by atoms with Gasteiger partial charge in [-0.05, 0) is 30.2 Å². The molecule has 0 aliphatic carbocycles. The predicted octanol–water partition coefficient (Wildman–Crippen LogP) is 2.15. The lowest BCUT2D eigenvalue weighted by Crippen LogP contribution is -2.19. The van der Waals surface area contributed by atoms with E-state index in [1.54, 1.807) is 6.07 Å². The van der Waals surface area contributed by atoms with Crippen molar-refractivity contribution in [3.63, 3.8) is 0 Å². The molecule has 0 amide bonds. The van der Waals surface area contributed by atoms with Crippen molar-refractivity contribution in [1.82, 2.24) is 20.1 Å². The molecule has 1 N–H and O–H groups in total. The summed E-state index contributed by atoms with van der Waals surface area (Å²) in [6, 6.07) is 5.15. The summed E-state index contributed by atoms with van der Waals surface area (Å²) in [6.07, 6.45) is 2.87. The Morgan fingerprint density at radius 3 is 2.83 bits per heavy atom. The average molecular weight is 248 g/mol. The number of hydrogen-bond acceptors (Lipinski definition) is 3. The average Bonchev–Trinajstić information content (AvgIpc) is 2.82. The summed E-state index contributed by atoms with van der Waals surface area (Å²) in [6.45, 7) is 5.88. The lowest BCUT2D eigenvalue weighted by atomic mass is 10.1. The smallest absolute Gasteiger partial charge is 0.149 e. The van der Waals surface area contributed by atoms with Crippen molar-refractivity contribution in [2.45, 2.75) is 20.4 Å². The van der Waals surface area contributed by atoms with Gasteiger partial charge in [-0.25, -0.2) is 14.1 Å². The highest BCUT2D eigenvalue weighted by Crippen LogP contribution is 2.13. The van der Waals surface area contributed by atoms with Gasteiger partial charge < -0.3 is 5.32 Å². The van der Waals surface area contributed by atoms with Crippen LogP contribution in [0.4, 0.5) is 4.39 Å². The molecule has 18 heavy (non-hydrogen) atoms. The van der Waals surface area contributed by atoms with Gasteiger partial charge >= 0.3 is 0 Å². The van der Waals surface area contributed by atoms with Crippen LogP contribution in [0.1, 0.15) is 19.4 Å². The third-order valence-electron chi connectivity index (χ3n) is 2.56.